The molecule has 0 aromatic carbocycles. The number of nitrogens with one attached hydrogen (secondary N) is 1. The van der Waals surface area contributed by atoms with Crippen LogP contribution in [0.5, 0.6) is 0 Å². The lowest BCUT2D eigenvalue weighted by molar-refractivity contribution is -0.120. The Morgan fingerprint density at radius 3 is 2.90 bits per heavy atom. The largest absolute Gasteiger partial charge is 0.337 e. The van der Waals surface area contributed by atoms with Crippen LogP contribution in [0.4, 0.5) is 5.82 Å². The third-order valence-corrected chi connectivity index (χ3v) is 5.79. The number of hydrogen-bond acceptors (Lipinski definition) is 6. The lowest BCUT2D eigenvalue weighted by atomic mass is 10.0. The molecule has 0 saturated carbocycles. The van der Waals surface area contributed by atoms with E-state index in [4.69, 9.17) is 0 Å². The van der Waals surface area contributed by atoms with Gasteiger partial charge in [-0.2, -0.15) is 10.2 Å². The van der Waals surface area contributed by atoms with Crippen molar-refractivity contribution < 1.29 is 9.59 Å². The van der Waals surface area contributed by atoms with Crippen molar-refractivity contribution in [2.75, 3.05) is 11.9 Å². The molecule has 0 fully saturated rings. The number of likely N-dealkylation sites (N-methyl/N-ethyl adjacent to an activating group) is 1. The number of amides is 2. The van der Waals surface area contributed by atoms with E-state index in [0.717, 1.165) is 30.7 Å². The number of aryl methyl sites for hydroxylation is 3. The average molecular weight is 409 g/mol. The van der Waals surface area contributed by atoms with Crippen molar-refractivity contribution in [3.05, 3.63) is 41.9 Å². The minimum Gasteiger partial charge on any atom is -0.337 e. The van der Waals surface area contributed by atoms with E-state index in [1.165, 1.54) is 4.90 Å². The van der Waals surface area contributed by atoms with Crippen LogP contribution in [-0.4, -0.2) is 59.2 Å². The predicted octanol–water partition coefficient (Wildman–Crippen LogP) is 0.299. The number of hydrogen-bond donors (Lipinski definition) is 1. The molecule has 5 rings (SSSR count). The van der Waals surface area contributed by atoms with Gasteiger partial charge in [0, 0.05) is 44.9 Å². The number of carbonyl (C=O) groups is 2. The molecular formula is C19H23N9O2. The Bertz CT molecular complexity index is 1110. The summed E-state index contributed by atoms with van der Waals surface area (Å²) in [6.45, 7) is 0.541. The maximum absolute atomic E-state index is 12.9. The van der Waals surface area contributed by atoms with Gasteiger partial charge in [0.1, 0.15) is 17.7 Å². The van der Waals surface area contributed by atoms with Crippen LogP contribution in [-0.2, 0) is 24.8 Å². The molecule has 2 unspecified atom stereocenters. The van der Waals surface area contributed by atoms with Crippen LogP contribution in [0.1, 0.15) is 47.3 Å². The van der Waals surface area contributed by atoms with Gasteiger partial charge in [-0.05, 0) is 19.3 Å². The molecule has 11 nitrogen and oxygen atoms in total. The Labute approximate surface area is 172 Å². The number of anilines is 1. The summed E-state index contributed by atoms with van der Waals surface area (Å²) in [6.07, 6.45) is 8.56. The Morgan fingerprint density at radius 2 is 2.10 bits per heavy atom. The number of fused-ring (bicyclic) bond motifs is 2. The highest BCUT2D eigenvalue weighted by molar-refractivity contribution is 6.00. The van der Waals surface area contributed by atoms with Gasteiger partial charge in [-0.3, -0.25) is 19.2 Å². The zero-order valence-electron chi connectivity index (χ0n) is 16.9. The lowest BCUT2D eigenvalue weighted by Crippen LogP contribution is -2.47. The second kappa shape index (κ2) is 7.08. The summed E-state index contributed by atoms with van der Waals surface area (Å²) >= 11 is 0. The first-order valence-electron chi connectivity index (χ1n) is 10.1. The minimum absolute atomic E-state index is 0.0131. The average Bonchev–Trinajstić information content (AvgIpc) is 3.47. The molecule has 0 spiro atoms. The molecule has 2 aliphatic rings. The van der Waals surface area contributed by atoms with E-state index < -0.39 is 11.9 Å². The van der Waals surface area contributed by atoms with Crippen LogP contribution in [0.3, 0.4) is 0 Å². The molecule has 3 aromatic rings. The first-order chi connectivity index (χ1) is 14.5. The Hall–Kier alpha value is -3.50. The summed E-state index contributed by atoms with van der Waals surface area (Å²) in [4.78, 5) is 31.7. The molecule has 0 radical (unpaired) electrons. The molecule has 2 amide bonds. The molecule has 30 heavy (non-hydrogen) atoms. The van der Waals surface area contributed by atoms with E-state index in [2.05, 4.69) is 25.6 Å². The molecule has 2 atom stereocenters. The fourth-order valence-corrected chi connectivity index (χ4v) is 4.23. The molecular weight excluding hydrogens is 386 g/mol. The van der Waals surface area contributed by atoms with Crippen molar-refractivity contribution in [3.8, 4) is 0 Å². The number of nitrogens with zero attached hydrogens (tertiary/aromatic N) is 8. The van der Waals surface area contributed by atoms with E-state index in [-0.39, 0.29) is 17.8 Å². The smallest absolute Gasteiger partial charge is 0.291 e. The first kappa shape index (κ1) is 18.5. The Morgan fingerprint density at radius 1 is 1.23 bits per heavy atom. The molecule has 3 aromatic heterocycles. The van der Waals surface area contributed by atoms with Gasteiger partial charge in [0.25, 0.3) is 11.8 Å². The summed E-state index contributed by atoms with van der Waals surface area (Å²) in [5.74, 6) is 0.975. The van der Waals surface area contributed by atoms with Crippen LogP contribution >= 0.6 is 0 Å². The lowest BCUT2D eigenvalue weighted by Gasteiger charge is -2.22. The quantitative estimate of drug-likeness (QED) is 0.665. The van der Waals surface area contributed by atoms with Gasteiger partial charge in [-0.15, -0.1) is 5.10 Å². The van der Waals surface area contributed by atoms with Crippen molar-refractivity contribution in [1.29, 1.82) is 0 Å². The summed E-state index contributed by atoms with van der Waals surface area (Å²) in [7, 11) is 3.56. The third kappa shape index (κ3) is 3.06. The highest BCUT2D eigenvalue weighted by atomic mass is 16.2. The van der Waals surface area contributed by atoms with Gasteiger partial charge in [0.05, 0.1) is 18.4 Å². The normalized spacial score (nSPS) is 21.1. The van der Waals surface area contributed by atoms with Crippen molar-refractivity contribution in [3.63, 3.8) is 0 Å². The standard InChI is InChI=1S/C19H23N9O2/c1-25-11-12(10-21-25)14-4-3-5-15-23-17(24-28(14)15)18(29)22-13-7-9-27-16(6-8-20-27)26(2)19(13)30/h6,8,10-11,13-14H,3-5,7,9H2,1-2H3,(H,22,29). The molecule has 0 saturated heterocycles. The third-order valence-electron chi connectivity index (χ3n) is 5.79. The summed E-state index contributed by atoms with van der Waals surface area (Å²) in [5, 5.41) is 15.8. The number of aromatic nitrogens is 7. The van der Waals surface area contributed by atoms with E-state index >= 15 is 0 Å². The van der Waals surface area contributed by atoms with E-state index in [0.29, 0.717) is 18.8 Å². The second-order valence-electron chi connectivity index (χ2n) is 7.78. The van der Waals surface area contributed by atoms with Crippen LogP contribution in [0.15, 0.2) is 24.7 Å². The summed E-state index contributed by atoms with van der Waals surface area (Å²) in [5.41, 5.74) is 1.05. The minimum atomic E-state index is -0.654. The summed E-state index contributed by atoms with van der Waals surface area (Å²) < 4.78 is 5.34. The molecule has 11 heteroatoms. The van der Waals surface area contributed by atoms with Crippen LogP contribution in [0.25, 0.3) is 0 Å². The van der Waals surface area contributed by atoms with Crippen LogP contribution in [0, 0.1) is 0 Å². The van der Waals surface area contributed by atoms with E-state index in [1.807, 2.05) is 24.1 Å². The molecule has 5 heterocycles. The zero-order valence-corrected chi connectivity index (χ0v) is 16.9. The number of carbonyl (C=O) groups excluding carboxylic acids is 2. The second-order valence-corrected chi connectivity index (χ2v) is 7.78. The Balaban J connectivity index is 1.36. The van der Waals surface area contributed by atoms with E-state index in [9.17, 15) is 9.59 Å². The molecule has 1 N–H and O–H groups in total. The van der Waals surface area contributed by atoms with Crippen molar-refractivity contribution >= 4 is 17.6 Å². The maximum Gasteiger partial charge on any atom is 0.291 e. The van der Waals surface area contributed by atoms with Gasteiger partial charge in [0.2, 0.25) is 5.82 Å². The maximum atomic E-state index is 12.9. The zero-order chi connectivity index (χ0) is 20.8. The molecule has 156 valence electrons. The van der Waals surface area contributed by atoms with Crippen molar-refractivity contribution in [2.45, 2.75) is 44.3 Å². The molecule has 0 aliphatic carbocycles. The monoisotopic (exact) mass is 409 g/mol. The van der Waals surface area contributed by atoms with Gasteiger partial charge in [-0.25, -0.2) is 14.3 Å². The van der Waals surface area contributed by atoms with Crippen molar-refractivity contribution in [2.24, 2.45) is 7.05 Å². The van der Waals surface area contributed by atoms with Gasteiger partial charge >= 0.3 is 0 Å². The fraction of sp³-hybridized carbons (Fsp3) is 0.474. The highest BCUT2D eigenvalue weighted by Crippen LogP contribution is 2.29. The highest BCUT2D eigenvalue weighted by Gasteiger charge is 2.32. The Kier molecular flexibility index (Phi) is 4.37. The fourth-order valence-electron chi connectivity index (χ4n) is 4.23. The SMILES string of the molecule is CN1C(=O)C(NC(=O)c2nc3n(n2)C(c2cnn(C)c2)CCC3)CCn2nccc21. The van der Waals surface area contributed by atoms with Crippen LogP contribution < -0.4 is 10.2 Å². The van der Waals surface area contributed by atoms with Gasteiger partial charge in [-0.1, -0.05) is 0 Å². The summed E-state index contributed by atoms with van der Waals surface area (Å²) in [6, 6.07) is 1.14. The first-order valence-corrected chi connectivity index (χ1v) is 10.1. The van der Waals surface area contributed by atoms with E-state index in [1.54, 1.807) is 28.7 Å². The number of rotatable bonds is 3. The van der Waals surface area contributed by atoms with Gasteiger partial charge < -0.3 is 5.32 Å². The molecule has 0 bridgehead atoms. The predicted molar refractivity (Wildman–Crippen MR) is 106 cm³/mol. The topological polar surface area (TPSA) is 116 Å². The molecule has 2 aliphatic heterocycles. The van der Waals surface area contributed by atoms with Crippen molar-refractivity contribution in [1.82, 2.24) is 39.6 Å². The van der Waals surface area contributed by atoms with Crippen LogP contribution in [0.2, 0.25) is 0 Å². The van der Waals surface area contributed by atoms with Gasteiger partial charge in [0.15, 0.2) is 0 Å².